The normalized spacial score (nSPS) is 10.8. The molecule has 0 atom stereocenters. The number of nitrogens with zero attached hydrogens (tertiary/aromatic N) is 1. The van der Waals surface area contributed by atoms with E-state index in [1.807, 2.05) is 18.3 Å². The minimum atomic E-state index is -2.21. The van der Waals surface area contributed by atoms with Gasteiger partial charge in [-0.05, 0) is 33.6 Å². The molecule has 0 saturated carbocycles. The first-order valence-corrected chi connectivity index (χ1v) is 20.5. The smallest absolute Gasteiger partial charge is 0.309 e. The molecular formula is C27H42BrNO3Sn. The van der Waals surface area contributed by atoms with Crippen molar-refractivity contribution in [1.82, 2.24) is 4.98 Å². The number of rotatable bonds is 13. The number of benzene rings is 1. The quantitative estimate of drug-likeness (QED) is 0.173. The molecule has 0 spiro atoms. The number of ether oxygens (including phenoxy) is 2. The van der Waals surface area contributed by atoms with Gasteiger partial charge in [-0.25, -0.2) is 0 Å². The molecule has 0 N–H and O–H groups in total. The van der Waals surface area contributed by atoms with E-state index in [-0.39, 0.29) is 12.4 Å². The van der Waals surface area contributed by atoms with Gasteiger partial charge in [0.2, 0.25) is 0 Å². The van der Waals surface area contributed by atoms with Crippen molar-refractivity contribution in [3.8, 4) is 5.75 Å². The molecule has 0 aliphatic heterocycles. The molecule has 184 valence electrons. The van der Waals surface area contributed by atoms with Crippen molar-refractivity contribution in [3.05, 3.63) is 52.6 Å². The molecule has 0 aliphatic carbocycles. The van der Waals surface area contributed by atoms with Gasteiger partial charge in [-0.2, -0.15) is 0 Å². The zero-order chi connectivity index (χ0) is 24.5. The Morgan fingerprint density at radius 3 is 2.00 bits per heavy atom. The van der Waals surface area contributed by atoms with E-state index < -0.39 is 18.4 Å². The SMILES string of the molecule is CCC[CH2][Sn]([CH2]CCC)([CH2]CCC)[c]1ccccn1.COC(=O)Cc1ccc(Br)c(OC)c1. The summed E-state index contributed by atoms with van der Waals surface area (Å²) in [5, 5.41) is 0. The van der Waals surface area contributed by atoms with E-state index in [0.717, 1.165) is 10.0 Å². The Morgan fingerprint density at radius 1 is 0.939 bits per heavy atom. The van der Waals surface area contributed by atoms with Crippen LogP contribution in [0.1, 0.15) is 64.9 Å². The Balaban J connectivity index is 0.000000346. The molecule has 0 radical (unpaired) electrons. The zero-order valence-electron chi connectivity index (χ0n) is 21.2. The summed E-state index contributed by atoms with van der Waals surface area (Å²) in [6.07, 6.45) is 10.5. The summed E-state index contributed by atoms with van der Waals surface area (Å²) in [5.41, 5.74) is 0.872. The van der Waals surface area contributed by atoms with Crippen LogP contribution in [0.25, 0.3) is 0 Å². The van der Waals surface area contributed by atoms with E-state index in [1.54, 1.807) is 16.9 Å². The standard InChI is InChI=1S/C10H11BrO3.C5H4N.3C4H9.Sn/c1-13-9-5-7(3-4-8(9)11)6-10(12)14-2;1-2-4-6-5-3-1;3*1-3-4-2;/h3-5H,6H2,1-2H3;1-4H;3*1,3-4H2,2H3;. The van der Waals surface area contributed by atoms with Gasteiger partial charge in [-0.3, -0.25) is 4.79 Å². The summed E-state index contributed by atoms with van der Waals surface area (Å²) in [6.45, 7) is 6.98. The first-order valence-electron chi connectivity index (χ1n) is 12.3. The van der Waals surface area contributed by atoms with Crippen molar-refractivity contribution in [3.63, 3.8) is 0 Å². The number of pyridine rings is 1. The van der Waals surface area contributed by atoms with E-state index >= 15 is 0 Å². The molecule has 0 unspecified atom stereocenters. The van der Waals surface area contributed by atoms with Gasteiger partial charge in [-0.15, -0.1) is 0 Å². The maximum Gasteiger partial charge on any atom is 0.309 e. The molecule has 1 aromatic carbocycles. The number of halogens is 1. The van der Waals surface area contributed by atoms with Crippen LogP contribution in [-0.4, -0.2) is 43.5 Å². The van der Waals surface area contributed by atoms with E-state index in [2.05, 4.69) is 59.6 Å². The molecular weight excluding hydrogens is 585 g/mol. The second kappa shape index (κ2) is 17.4. The van der Waals surface area contributed by atoms with E-state index in [9.17, 15) is 4.79 Å². The fourth-order valence-corrected chi connectivity index (χ4v) is 19.9. The number of carbonyl (C=O) groups is 1. The number of esters is 1. The average molecular weight is 627 g/mol. The second-order valence-corrected chi connectivity index (χ2v) is 22.4. The number of hydrogen-bond acceptors (Lipinski definition) is 4. The summed E-state index contributed by atoms with van der Waals surface area (Å²) in [5.74, 6) is 0.459. The van der Waals surface area contributed by atoms with Crippen molar-refractivity contribution in [2.24, 2.45) is 0 Å². The van der Waals surface area contributed by atoms with Crippen LogP contribution in [0.4, 0.5) is 0 Å². The minimum absolute atomic E-state index is 0.255. The van der Waals surface area contributed by atoms with Crippen LogP contribution in [0.15, 0.2) is 47.1 Å². The van der Waals surface area contributed by atoms with Gasteiger partial charge in [0.1, 0.15) is 5.75 Å². The second-order valence-electron chi connectivity index (χ2n) is 8.53. The van der Waals surface area contributed by atoms with Gasteiger partial charge in [0, 0.05) is 0 Å². The van der Waals surface area contributed by atoms with Crippen LogP contribution in [0, 0.1) is 0 Å². The third-order valence-electron chi connectivity index (χ3n) is 6.03. The molecule has 0 amide bonds. The summed E-state index contributed by atoms with van der Waals surface area (Å²) < 4.78 is 16.6. The Kier molecular flexibility index (Phi) is 15.8. The van der Waals surface area contributed by atoms with Crippen LogP contribution in [-0.2, 0) is 16.0 Å². The summed E-state index contributed by atoms with van der Waals surface area (Å²) in [7, 11) is 2.96. The minimum Gasteiger partial charge on any atom is -0.496 e. The number of hydrogen-bond donors (Lipinski definition) is 0. The van der Waals surface area contributed by atoms with Crippen molar-refractivity contribution in [2.45, 2.75) is 79.0 Å². The van der Waals surface area contributed by atoms with Gasteiger partial charge in [-0.1, -0.05) is 6.07 Å². The molecule has 0 fully saturated rings. The maximum atomic E-state index is 11.0. The molecule has 2 rings (SSSR count). The van der Waals surface area contributed by atoms with Crippen LogP contribution in [0.3, 0.4) is 0 Å². The summed E-state index contributed by atoms with van der Waals surface area (Å²) in [4.78, 5) is 15.8. The van der Waals surface area contributed by atoms with Gasteiger partial charge < -0.3 is 9.47 Å². The number of carbonyl (C=O) groups excluding carboxylic acids is 1. The predicted molar refractivity (Wildman–Crippen MR) is 145 cm³/mol. The average Bonchev–Trinajstić information content (AvgIpc) is 2.86. The monoisotopic (exact) mass is 627 g/mol. The first kappa shape index (κ1) is 30.0. The predicted octanol–water partition coefficient (Wildman–Crippen LogP) is 7.31. The van der Waals surface area contributed by atoms with E-state index in [0.29, 0.717) is 5.75 Å². The molecule has 1 heterocycles. The fraction of sp³-hybridized carbons (Fsp3) is 0.556. The van der Waals surface area contributed by atoms with E-state index in [1.165, 1.54) is 58.9 Å². The van der Waals surface area contributed by atoms with Crippen LogP contribution in [0.2, 0.25) is 13.3 Å². The van der Waals surface area contributed by atoms with Crippen molar-refractivity contribution in [2.75, 3.05) is 14.2 Å². The van der Waals surface area contributed by atoms with Gasteiger partial charge in [0.25, 0.3) is 0 Å². The van der Waals surface area contributed by atoms with Gasteiger partial charge in [0.15, 0.2) is 0 Å². The van der Waals surface area contributed by atoms with Gasteiger partial charge >= 0.3 is 130 Å². The van der Waals surface area contributed by atoms with Crippen LogP contribution in [0.5, 0.6) is 5.75 Å². The summed E-state index contributed by atoms with van der Waals surface area (Å²) in [6, 6.07) is 12.1. The molecule has 2 aromatic rings. The third kappa shape index (κ3) is 10.8. The van der Waals surface area contributed by atoms with Gasteiger partial charge in [0.05, 0.1) is 25.1 Å². The molecule has 33 heavy (non-hydrogen) atoms. The molecule has 6 heteroatoms. The third-order valence-corrected chi connectivity index (χ3v) is 21.8. The van der Waals surface area contributed by atoms with Crippen molar-refractivity contribution in [1.29, 1.82) is 0 Å². The zero-order valence-corrected chi connectivity index (χ0v) is 25.6. The Bertz CT molecular complexity index is 779. The Hall–Kier alpha value is -1.08. The van der Waals surface area contributed by atoms with Crippen molar-refractivity contribution >= 4 is 44.0 Å². The summed E-state index contributed by atoms with van der Waals surface area (Å²) >= 11 is 1.13. The molecule has 1 aromatic heterocycles. The number of unbranched alkanes of at least 4 members (excludes halogenated alkanes) is 3. The topological polar surface area (TPSA) is 48.4 Å². The molecule has 0 aliphatic rings. The fourth-order valence-electron chi connectivity index (χ4n) is 4.03. The van der Waals surface area contributed by atoms with Crippen LogP contribution >= 0.6 is 15.9 Å². The molecule has 0 saturated heterocycles. The van der Waals surface area contributed by atoms with Crippen molar-refractivity contribution < 1.29 is 14.3 Å². The Labute approximate surface area is 213 Å². The first-order chi connectivity index (χ1) is 16.0. The largest absolute Gasteiger partial charge is 0.496 e. The molecule has 4 nitrogen and oxygen atoms in total. The number of aromatic nitrogens is 1. The Morgan fingerprint density at radius 2 is 1.55 bits per heavy atom. The maximum absolute atomic E-state index is 11.0. The molecule has 0 bridgehead atoms. The number of methoxy groups -OCH3 is 2. The van der Waals surface area contributed by atoms with E-state index in [4.69, 9.17) is 9.72 Å². The van der Waals surface area contributed by atoms with Crippen LogP contribution < -0.4 is 8.45 Å².